The van der Waals surface area contributed by atoms with Gasteiger partial charge in [0.2, 0.25) is 5.91 Å². The van der Waals surface area contributed by atoms with E-state index >= 15 is 0 Å². The van der Waals surface area contributed by atoms with Crippen LogP contribution in [0.15, 0.2) is 53.4 Å². The van der Waals surface area contributed by atoms with E-state index in [0.29, 0.717) is 26.3 Å². The fourth-order valence-corrected chi connectivity index (χ4v) is 4.16. The lowest BCUT2D eigenvalue weighted by atomic mass is 10.2. The molecule has 1 aliphatic heterocycles. The van der Waals surface area contributed by atoms with Crippen LogP contribution in [0, 0.1) is 0 Å². The van der Waals surface area contributed by atoms with Crippen molar-refractivity contribution in [2.45, 2.75) is 6.42 Å². The summed E-state index contributed by atoms with van der Waals surface area (Å²) < 4.78 is 10.9. The number of hydrazine groups is 1. The normalized spacial score (nSPS) is 14.4. The highest BCUT2D eigenvalue weighted by Gasteiger charge is 2.32. The zero-order valence-electron chi connectivity index (χ0n) is 17.4. The Hall–Kier alpha value is -3.37. The molecule has 8 nitrogen and oxygen atoms in total. The minimum atomic E-state index is -0.438. The third kappa shape index (κ3) is 5.65. The molecule has 0 spiro atoms. The van der Waals surface area contributed by atoms with Gasteiger partial charge in [-0.1, -0.05) is 48.2 Å². The number of ether oxygens (including phenoxy) is 2. The summed E-state index contributed by atoms with van der Waals surface area (Å²) in [5, 5.41) is 0. The molecule has 32 heavy (non-hydrogen) atoms. The van der Waals surface area contributed by atoms with Crippen molar-refractivity contribution in [2.24, 2.45) is 0 Å². The van der Waals surface area contributed by atoms with Crippen LogP contribution in [-0.4, -0.2) is 47.7 Å². The molecule has 1 aliphatic rings. The Balaban J connectivity index is 1.56. The molecule has 166 valence electrons. The molecule has 2 aromatic rings. The van der Waals surface area contributed by atoms with Crippen LogP contribution >= 0.6 is 24.0 Å². The molecule has 2 aromatic carbocycles. The van der Waals surface area contributed by atoms with Gasteiger partial charge in [-0.3, -0.25) is 30.1 Å². The molecule has 0 radical (unpaired) electrons. The highest BCUT2D eigenvalue weighted by Crippen LogP contribution is 2.34. The van der Waals surface area contributed by atoms with Gasteiger partial charge in [-0.2, -0.15) is 0 Å². The second-order valence-electron chi connectivity index (χ2n) is 6.57. The topological polar surface area (TPSA) is 97.0 Å². The van der Waals surface area contributed by atoms with Crippen LogP contribution < -0.4 is 20.3 Å². The summed E-state index contributed by atoms with van der Waals surface area (Å²) in [5.74, 6) is -0.0148. The minimum absolute atomic E-state index is 0.0227. The van der Waals surface area contributed by atoms with Gasteiger partial charge in [0.1, 0.15) is 4.32 Å². The number of amides is 3. The van der Waals surface area contributed by atoms with Gasteiger partial charge in [0, 0.05) is 18.5 Å². The fourth-order valence-electron chi connectivity index (χ4n) is 2.85. The average molecular weight is 472 g/mol. The molecule has 2 N–H and O–H groups in total. The van der Waals surface area contributed by atoms with Crippen molar-refractivity contribution < 1.29 is 23.9 Å². The minimum Gasteiger partial charge on any atom is -0.493 e. The molecule has 0 bridgehead atoms. The summed E-state index contributed by atoms with van der Waals surface area (Å²) in [6.45, 7) is 0.0982. The third-order valence-electron chi connectivity index (χ3n) is 4.49. The predicted molar refractivity (Wildman–Crippen MR) is 126 cm³/mol. The van der Waals surface area contributed by atoms with Crippen LogP contribution in [-0.2, 0) is 9.59 Å². The monoisotopic (exact) mass is 471 g/mol. The van der Waals surface area contributed by atoms with Crippen LogP contribution in [0.1, 0.15) is 22.3 Å². The van der Waals surface area contributed by atoms with Crippen LogP contribution in [0.2, 0.25) is 0 Å². The first kappa shape index (κ1) is 23.3. The predicted octanol–water partition coefficient (Wildman–Crippen LogP) is 2.76. The largest absolute Gasteiger partial charge is 0.493 e. The smallest absolute Gasteiger partial charge is 0.269 e. The molecule has 1 heterocycles. The van der Waals surface area contributed by atoms with Crippen LogP contribution in [0.4, 0.5) is 0 Å². The van der Waals surface area contributed by atoms with E-state index in [4.69, 9.17) is 21.7 Å². The number of thioether (sulfide) groups is 1. The molecule has 0 atom stereocenters. The van der Waals surface area contributed by atoms with Crippen LogP contribution in [0.5, 0.6) is 11.5 Å². The first-order valence-corrected chi connectivity index (χ1v) is 10.8. The molecule has 3 amide bonds. The summed E-state index contributed by atoms with van der Waals surface area (Å²) in [6.07, 6.45) is 1.69. The van der Waals surface area contributed by atoms with Crippen molar-refractivity contribution in [1.82, 2.24) is 15.8 Å². The first-order chi connectivity index (χ1) is 15.4. The van der Waals surface area contributed by atoms with E-state index in [1.54, 1.807) is 61.7 Å². The summed E-state index contributed by atoms with van der Waals surface area (Å²) >= 11 is 6.46. The quantitative estimate of drug-likeness (QED) is 0.364. The van der Waals surface area contributed by atoms with Gasteiger partial charge in [0.15, 0.2) is 11.5 Å². The number of carbonyl (C=O) groups is 3. The third-order valence-corrected chi connectivity index (χ3v) is 5.87. The van der Waals surface area contributed by atoms with Gasteiger partial charge < -0.3 is 9.47 Å². The lowest BCUT2D eigenvalue weighted by molar-refractivity contribution is -0.124. The Bertz CT molecular complexity index is 1070. The maximum Gasteiger partial charge on any atom is 0.269 e. The van der Waals surface area contributed by atoms with Gasteiger partial charge in [0.25, 0.3) is 11.8 Å². The van der Waals surface area contributed by atoms with Gasteiger partial charge in [0.05, 0.1) is 19.1 Å². The maximum absolute atomic E-state index is 12.8. The summed E-state index contributed by atoms with van der Waals surface area (Å²) in [5.41, 5.74) is 5.86. The molecular formula is C22H21N3O5S2. The fraction of sp³-hybridized carbons (Fsp3) is 0.182. The summed E-state index contributed by atoms with van der Waals surface area (Å²) in [6, 6.07) is 13.8. The Morgan fingerprint density at radius 2 is 1.78 bits per heavy atom. The molecule has 1 saturated heterocycles. The Kier molecular flexibility index (Phi) is 7.85. The van der Waals surface area contributed by atoms with Crippen molar-refractivity contribution in [2.75, 3.05) is 20.8 Å². The van der Waals surface area contributed by atoms with Crippen molar-refractivity contribution in [3.05, 3.63) is 64.6 Å². The number of hydrogen-bond acceptors (Lipinski definition) is 7. The summed E-state index contributed by atoms with van der Waals surface area (Å²) in [7, 11) is 3.08. The number of thiocarbonyl (C=S) groups is 1. The zero-order chi connectivity index (χ0) is 23.1. The van der Waals surface area contributed by atoms with E-state index in [1.165, 1.54) is 12.0 Å². The molecule has 1 fully saturated rings. The van der Waals surface area contributed by atoms with E-state index in [9.17, 15) is 14.4 Å². The molecule has 3 rings (SSSR count). The zero-order valence-corrected chi connectivity index (χ0v) is 19.0. The van der Waals surface area contributed by atoms with E-state index < -0.39 is 11.8 Å². The lowest BCUT2D eigenvalue weighted by Crippen LogP contribution is -2.43. The first-order valence-electron chi connectivity index (χ1n) is 9.54. The number of benzene rings is 2. The number of nitrogens with zero attached hydrogens (tertiary/aromatic N) is 1. The Labute approximate surface area is 194 Å². The van der Waals surface area contributed by atoms with Gasteiger partial charge >= 0.3 is 0 Å². The number of methoxy groups -OCH3 is 2. The van der Waals surface area contributed by atoms with E-state index in [1.807, 2.05) is 0 Å². The molecule has 0 unspecified atom stereocenters. The number of carbonyl (C=O) groups excluding carboxylic acids is 3. The van der Waals surface area contributed by atoms with E-state index in [0.717, 1.165) is 17.3 Å². The molecule has 10 heteroatoms. The van der Waals surface area contributed by atoms with Crippen molar-refractivity contribution >= 4 is 52.1 Å². The second kappa shape index (κ2) is 10.8. The lowest BCUT2D eigenvalue weighted by Gasteiger charge is -2.14. The van der Waals surface area contributed by atoms with Gasteiger partial charge in [-0.15, -0.1) is 0 Å². The van der Waals surface area contributed by atoms with Crippen LogP contribution in [0.25, 0.3) is 6.08 Å². The van der Waals surface area contributed by atoms with Gasteiger partial charge in [-0.05, 0) is 35.9 Å². The second-order valence-corrected chi connectivity index (χ2v) is 8.24. The molecule has 0 aliphatic carbocycles. The van der Waals surface area contributed by atoms with Crippen LogP contribution in [0.3, 0.4) is 0 Å². The van der Waals surface area contributed by atoms with Crippen molar-refractivity contribution in [3.8, 4) is 11.5 Å². The molecular weight excluding hydrogens is 450 g/mol. The SMILES string of the molecule is COc1ccc(/C=C2\SC(=S)N(CCC(=O)NNC(=O)c3ccccc3)C2=O)cc1OC. The Morgan fingerprint density at radius 3 is 2.47 bits per heavy atom. The van der Waals surface area contributed by atoms with E-state index in [-0.39, 0.29) is 18.9 Å². The highest BCUT2D eigenvalue weighted by molar-refractivity contribution is 8.26. The number of hydrogen-bond donors (Lipinski definition) is 2. The standard InChI is InChI=1S/C22H21N3O5S2/c1-29-16-9-8-14(12-17(16)30-2)13-18-21(28)25(22(31)32-18)11-10-19(26)23-24-20(27)15-6-4-3-5-7-15/h3-9,12-13H,10-11H2,1-2H3,(H,23,26)(H,24,27)/b18-13-. The van der Waals surface area contributed by atoms with E-state index in [2.05, 4.69) is 10.9 Å². The highest BCUT2D eigenvalue weighted by atomic mass is 32.2. The summed E-state index contributed by atoms with van der Waals surface area (Å²) in [4.78, 5) is 38.6. The number of rotatable bonds is 7. The van der Waals surface area contributed by atoms with Gasteiger partial charge in [-0.25, -0.2) is 0 Å². The average Bonchev–Trinajstić information content (AvgIpc) is 3.08. The van der Waals surface area contributed by atoms with Crippen molar-refractivity contribution in [1.29, 1.82) is 0 Å². The Morgan fingerprint density at radius 1 is 1.06 bits per heavy atom. The maximum atomic E-state index is 12.8. The number of nitrogens with one attached hydrogen (secondary N) is 2. The molecule has 0 aromatic heterocycles. The molecule has 0 saturated carbocycles. The van der Waals surface area contributed by atoms with Crippen molar-refractivity contribution in [3.63, 3.8) is 0 Å².